The second kappa shape index (κ2) is 8.34. The number of nitrogens with one attached hydrogen (secondary N) is 1. The highest BCUT2D eigenvalue weighted by Crippen LogP contribution is 2.31. The fourth-order valence-corrected chi connectivity index (χ4v) is 3.53. The van der Waals surface area contributed by atoms with Gasteiger partial charge < -0.3 is 19.5 Å². The third-order valence-corrected chi connectivity index (χ3v) is 5.13. The summed E-state index contributed by atoms with van der Waals surface area (Å²) in [5.74, 6) is 1.51. The zero-order valence-corrected chi connectivity index (χ0v) is 16.4. The summed E-state index contributed by atoms with van der Waals surface area (Å²) < 4.78 is 5.44. The minimum atomic E-state index is -0.121. The summed E-state index contributed by atoms with van der Waals surface area (Å²) in [5, 5.41) is 0. The van der Waals surface area contributed by atoms with Gasteiger partial charge in [-0.05, 0) is 30.7 Å². The molecule has 7 heteroatoms. The zero-order valence-electron chi connectivity index (χ0n) is 16.4. The molecule has 7 nitrogen and oxygen atoms in total. The van der Waals surface area contributed by atoms with Crippen LogP contribution >= 0.6 is 0 Å². The molecule has 0 saturated carbocycles. The van der Waals surface area contributed by atoms with Crippen LogP contribution in [-0.2, 0) is 16.0 Å². The van der Waals surface area contributed by atoms with Crippen LogP contribution < -0.4 is 9.64 Å². The van der Waals surface area contributed by atoms with Gasteiger partial charge >= 0.3 is 0 Å². The molecule has 0 radical (unpaired) electrons. The van der Waals surface area contributed by atoms with Crippen LogP contribution in [0.5, 0.6) is 5.75 Å². The Morgan fingerprint density at radius 1 is 1.21 bits per heavy atom. The Bertz CT molecular complexity index is 997. The largest absolute Gasteiger partial charge is 0.482 e. The minimum absolute atomic E-state index is 0.0124. The van der Waals surface area contributed by atoms with Gasteiger partial charge in [-0.1, -0.05) is 24.3 Å². The number of hydrogen-bond donors (Lipinski definition) is 1. The number of carbonyl (C=O) groups excluding carboxylic acids is 2. The number of aromatic amines is 1. The molecular formula is C22H24N4O3. The van der Waals surface area contributed by atoms with Crippen molar-refractivity contribution in [1.82, 2.24) is 14.9 Å². The standard InChI is InChI=1S/C22H24N4O3/c1-25(13-6-11-20-23-16-7-2-3-8-17(16)24-20)21(27)12-14-26-18-9-4-5-10-19(18)29-15-22(26)28/h2-5,7-10H,6,11-15H2,1H3,(H,23,24). The number of aromatic nitrogens is 2. The second-order valence-corrected chi connectivity index (χ2v) is 7.17. The van der Waals surface area contributed by atoms with Crippen LogP contribution in [0.25, 0.3) is 11.0 Å². The molecule has 1 aromatic heterocycles. The van der Waals surface area contributed by atoms with Crippen molar-refractivity contribution in [3.8, 4) is 5.75 Å². The smallest absolute Gasteiger partial charge is 0.265 e. The lowest BCUT2D eigenvalue weighted by Gasteiger charge is -2.29. The van der Waals surface area contributed by atoms with Gasteiger partial charge in [-0.15, -0.1) is 0 Å². The first-order valence-electron chi connectivity index (χ1n) is 9.81. The van der Waals surface area contributed by atoms with Crippen LogP contribution in [-0.4, -0.2) is 53.4 Å². The maximum Gasteiger partial charge on any atom is 0.265 e. The first-order chi connectivity index (χ1) is 14.1. The van der Waals surface area contributed by atoms with E-state index in [2.05, 4.69) is 9.97 Å². The number of nitrogens with zero attached hydrogens (tertiary/aromatic N) is 3. The summed E-state index contributed by atoms with van der Waals surface area (Å²) in [6.07, 6.45) is 1.88. The Balaban J connectivity index is 1.27. The van der Waals surface area contributed by atoms with Gasteiger partial charge in [0.2, 0.25) is 5.91 Å². The summed E-state index contributed by atoms with van der Waals surface area (Å²) in [5.41, 5.74) is 2.72. The Morgan fingerprint density at radius 2 is 2.00 bits per heavy atom. The molecule has 150 valence electrons. The number of fused-ring (bicyclic) bond motifs is 2. The van der Waals surface area contributed by atoms with Gasteiger partial charge in [0.05, 0.1) is 16.7 Å². The summed E-state index contributed by atoms with van der Waals surface area (Å²) in [6.45, 7) is 1.01. The highest BCUT2D eigenvalue weighted by atomic mass is 16.5. The highest BCUT2D eigenvalue weighted by molar-refractivity contribution is 5.98. The quantitative estimate of drug-likeness (QED) is 0.671. The lowest BCUT2D eigenvalue weighted by atomic mass is 10.2. The molecule has 4 rings (SSSR count). The Kier molecular flexibility index (Phi) is 5.46. The van der Waals surface area contributed by atoms with Crippen LogP contribution in [0.4, 0.5) is 5.69 Å². The number of ether oxygens (including phenoxy) is 1. The molecule has 0 bridgehead atoms. The fourth-order valence-electron chi connectivity index (χ4n) is 3.53. The minimum Gasteiger partial charge on any atom is -0.482 e. The predicted octanol–water partition coefficient (Wildman–Crippen LogP) is 2.77. The number of amides is 2. The molecular weight excluding hydrogens is 368 g/mol. The van der Waals surface area contributed by atoms with Gasteiger partial charge in [-0.25, -0.2) is 4.98 Å². The molecule has 0 saturated heterocycles. The molecule has 0 spiro atoms. The highest BCUT2D eigenvalue weighted by Gasteiger charge is 2.25. The summed E-state index contributed by atoms with van der Waals surface area (Å²) in [4.78, 5) is 36.0. The lowest BCUT2D eigenvalue weighted by molar-refractivity contribution is -0.129. The van der Waals surface area contributed by atoms with E-state index in [1.165, 1.54) is 0 Å². The van der Waals surface area contributed by atoms with E-state index in [-0.39, 0.29) is 24.8 Å². The number of hydrogen-bond acceptors (Lipinski definition) is 4. The second-order valence-electron chi connectivity index (χ2n) is 7.17. The summed E-state index contributed by atoms with van der Waals surface area (Å²) in [6, 6.07) is 15.3. The zero-order chi connectivity index (χ0) is 20.2. The molecule has 1 aliphatic heterocycles. The number of benzene rings is 2. The Hall–Kier alpha value is -3.35. The molecule has 0 atom stereocenters. The number of carbonyl (C=O) groups is 2. The van der Waals surface area contributed by atoms with Crippen molar-refractivity contribution in [3.63, 3.8) is 0 Å². The van der Waals surface area contributed by atoms with E-state index in [1.54, 1.807) is 16.8 Å². The number of H-pyrrole nitrogens is 1. The first-order valence-corrected chi connectivity index (χ1v) is 9.81. The monoisotopic (exact) mass is 392 g/mol. The van der Waals surface area contributed by atoms with Gasteiger partial charge in [0, 0.05) is 33.0 Å². The average molecular weight is 392 g/mol. The Labute approximate surface area is 169 Å². The summed E-state index contributed by atoms with van der Waals surface area (Å²) in [7, 11) is 1.80. The van der Waals surface area contributed by atoms with Crippen molar-refractivity contribution >= 4 is 28.5 Å². The molecule has 2 amide bonds. The van der Waals surface area contributed by atoms with Crippen molar-refractivity contribution in [2.45, 2.75) is 19.3 Å². The average Bonchev–Trinajstić information content (AvgIpc) is 3.15. The molecule has 0 unspecified atom stereocenters. The van der Waals surface area contributed by atoms with Crippen LogP contribution in [0.1, 0.15) is 18.7 Å². The van der Waals surface area contributed by atoms with Crippen molar-refractivity contribution in [2.75, 3.05) is 31.6 Å². The van der Waals surface area contributed by atoms with E-state index in [4.69, 9.17) is 4.74 Å². The number of imidazole rings is 1. The van der Waals surface area contributed by atoms with Gasteiger partial charge in [0.1, 0.15) is 11.6 Å². The first kappa shape index (κ1) is 19.0. The van der Waals surface area contributed by atoms with E-state index < -0.39 is 0 Å². The maximum atomic E-state index is 12.5. The van der Waals surface area contributed by atoms with E-state index in [1.807, 2.05) is 48.5 Å². The fraction of sp³-hybridized carbons (Fsp3) is 0.318. The van der Waals surface area contributed by atoms with Crippen molar-refractivity contribution in [1.29, 1.82) is 0 Å². The topological polar surface area (TPSA) is 78.5 Å². The number of anilines is 1. The van der Waals surface area contributed by atoms with Crippen LogP contribution in [0.3, 0.4) is 0 Å². The SMILES string of the molecule is CN(CCCc1nc2ccccc2[nH]1)C(=O)CCN1C(=O)COc2ccccc21. The van der Waals surface area contributed by atoms with Crippen molar-refractivity contribution in [3.05, 3.63) is 54.4 Å². The van der Waals surface area contributed by atoms with Gasteiger partial charge in [-0.2, -0.15) is 0 Å². The lowest BCUT2D eigenvalue weighted by Crippen LogP contribution is -2.41. The number of rotatable bonds is 7. The van der Waals surface area contributed by atoms with E-state index >= 15 is 0 Å². The van der Waals surface area contributed by atoms with E-state index in [0.29, 0.717) is 18.8 Å². The molecule has 0 fully saturated rings. The molecule has 29 heavy (non-hydrogen) atoms. The maximum absolute atomic E-state index is 12.5. The number of aryl methyl sites for hydroxylation is 1. The molecule has 1 aliphatic rings. The van der Waals surface area contributed by atoms with Gasteiger partial charge in [0.25, 0.3) is 5.91 Å². The summed E-state index contributed by atoms with van der Waals surface area (Å²) >= 11 is 0. The molecule has 1 N–H and O–H groups in total. The molecule has 3 aromatic rings. The van der Waals surface area contributed by atoms with Gasteiger partial charge in [-0.3, -0.25) is 9.59 Å². The Morgan fingerprint density at radius 3 is 2.86 bits per heavy atom. The third kappa shape index (κ3) is 4.23. The predicted molar refractivity (Wildman–Crippen MR) is 111 cm³/mol. The molecule has 2 heterocycles. The van der Waals surface area contributed by atoms with Crippen molar-refractivity contribution in [2.24, 2.45) is 0 Å². The van der Waals surface area contributed by atoms with Gasteiger partial charge in [0.15, 0.2) is 6.61 Å². The van der Waals surface area contributed by atoms with Crippen LogP contribution in [0.15, 0.2) is 48.5 Å². The normalized spacial score (nSPS) is 13.3. The number of para-hydroxylation sites is 4. The molecule has 0 aliphatic carbocycles. The molecule has 2 aromatic carbocycles. The van der Waals surface area contributed by atoms with Crippen LogP contribution in [0.2, 0.25) is 0 Å². The third-order valence-electron chi connectivity index (χ3n) is 5.13. The van der Waals surface area contributed by atoms with E-state index in [0.717, 1.165) is 35.4 Å². The van der Waals surface area contributed by atoms with Crippen LogP contribution in [0, 0.1) is 0 Å². The van der Waals surface area contributed by atoms with E-state index in [9.17, 15) is 9.59 Å². The van der Waals surface area contributed by atoms with Crippen molar-refractivity contribution < 1.29 is 14.3 Å².